The maximum absolute atomic E-state index is 13.4. The number of oxime groups is 1. The van der Waals surface area contributed by atoms with Gasteiger partial charge in [-0.15, -0.1) is 15.6 Å². The maximum atomic E-state index is 13.4. The Labute approximate surface area is 279 Å². The Morgan fingerprint density at radius 3 is 2.73 bits per heavy atom. The molecule has 0 spiro atoms. The number of carbonyl (C=O) groups is 3. The summed E-state index contributed by atoms with van der Waals surface area (Å²) in [5.41, 5.74) is 9.01. The van der Waals surface area contributed by atoms with E-state index in [9.17, 15) is 27.9 Å². The second-order valence-corrected chi connectivity index (χ2v) is 14.0. The number of amidine groups is 1. The highest BCUT2D eigenvalue weighted by atomic mass is 32.3. The number of fused-ring (bicyclic) bond motifs is 1. The van der Waals surface area contributed by atoms with Gasteiger partial charge in [-0.2, -0.15) is 13.5 Å². The molecule has 2 amide bonds. The van der Waals surface area contributed by atoms with Crippen molar-refractivity contribution < 1.29 is 46.3 Å². The van der Waals surface area contributed by atoms with Gasteiger partial charge in [-0.05, 0) is 76.8 Å². The molecule has 4 heterocycles. The molecular formula is C28H36N8O10S2. The zero-order chi connectivity index (χ0) is 35.0. The fourth-order valence-corrected chi connectivity index (χ4v) is 6.51. The summed E-state index contributed by atoms with van der Waals surface area (Å²) in [4.78, 5) is 52.9. The molecule has 3 aliphatic rings. The Hall–Kier alpha value is -4.37. The third-order valence-electron chi connectivity index (χ3n) is 8.31. The third-order valence-corrected chi connectivity index (χ3v) is 9.32. The number of aliphatic imine (C=N–C) groups is 1. The maximum Gasteiger partial charge on any atom is 0.418 e. The van der Waals surface area contributed by atoms with Crippen LogP contribution in [-0.2, 0) is 40.3 Å². The van der Waals surface area contributed by atoms with Crippen LogP contribution in [0.25, 0.3) is 0 Å². The average molecular weight is 709 g/mol. The van der Waals surface area contributed by atoms with E-state index in [4.69, 9.17) is 25.6 Å². The van der Waals surface area contributed by atoms with Gasteiger partial charge in [-0.3, -0.25) is 19.1 Å². The Morgan fingerprint density at radius 2 is 2.10 bits per heavy atom. The Kier molecular flexibility index (Phi) is 9.66. The summed E-state index contributed by atoms with van der Waals surface area (Å²) in [6, 6.07) is 4.40. The van der Waals surface area contributed by atoms with Crippen LogP contribution in [0.4, 0.5) is 5.13 Å². The van der Waals surface area contributed by atoms with E-state index < -0.39 is 57.2 Å². The monoisotopic (exact) mass is 708 g/mol. The van der Waals surface area contributed by atoms with Crippen LogP contribution in [0, 0.1) is 0 Å². The molecule has 2 aromatic rings. The molecule has 0 bridgehead atoms. The first-order chi connectivity index (χ1) is 22.5. The highest BCUT2D eigenvalue weighted by molar-refractivity contribution is 7.80. The van der Waals surface area contributed by atoms with Crippen LogP contribution in [0.1, 0.15) is 56.9 Å². The van der Waals surface area contributed by atoms with E-state index in [1.165, 1.54) is 26.2 Å². The standard InChI is InChI=1S/C28H36N8O10S2/c1-27(2)21(24(38)36(27)46-48(41,42)43)34-23(37)20(17-13-47-26(30)33-17)35-45-28(3,25(39)40)19-9-7-14-11-15(6-8-18(14)44-19)22-31-12-16(32-22)5-4-10-29/h6,8,11,13,16,19,21H,4-5,7,9-10,12,29H2,1-3H3,(H2,30,33)(H,31,32)(H,34,37)(H,39,40)(H,41,42,43)/b35-20-/t16-,19-,21-,28+/m1/s1. The molecule has 3 aliphatic heterocycles. The lowest BCUT2D eigenvalue weighted by atomic mass is 9.84. The van der Waals surface area contributed by atoms with E-state index in [0.29, 0.717) is 30.3 Å². The van der Waals surface area contributed by atoms with Gasteiger partial charge in [-0.1, -0.05) is 5.16 Å². The number of nitrogens with one attached hydrogen (secondary N) is 2. The van der Waals surface area contributed by atoms with Gasteiger partial charge >= 0.3 is 16.4 Å². The van der Waals surface area contributed by atoms with Crippen LogP contribution in [0.15, 0.2) is 33.7 Å². The predicted molar refractivity (Wildman–Crippen MR) is 171 cm³/mol. The normalized spacial score (nSPS) is 23.1. The number of nitrogens with two attached hydrogens (primary N) is 2. The number of nitrogen functional groups attached to an aromatic ring is 1. The van der Waals surface area contributed by atoms with Crippen LogP contribution in [0.2, 0.25) is 0 Å². The molecule has 1 saturated heterocycles. The van der Waals surface area contributed by atoms with E-state index in [-0.39, 0.29) is 23.3 Å². The predicted octanol–water partition coefficient (Wildman–Crippen LogP) is -0.0196. The first kappa shape index (κ1) is 35.0. The molecule has 20 heteroatoms. The number of carbonyl (C=O) groups excluding carboxylic acids is 2. The van der Waals surface area contributed by atoms with Crippen molar-refractivity contribution in [2.45, 2.75) is 75.8 Å². The molecule has 1 aromatic carbocycles. The number of thiazole rings is 1. The molecule has 1 fully saturated rings. The van der Waals surface area contributed by atoms with Crippen molar-refractivity contribution in [1.29, 1.82) is 0 Å². The highest BCUT2D eigenvalue weighted by Crippen LogP contribution is 2.35. The number of amides is 2. The van der Waals surface area contributed by atoms with Gasteiger partial charge in [0.1, 0.15) is 23.3 Å². The Morgan fingerprint density at radius 1 is 1.35 bits per heavy atom. The van der Waals surface area contributed by atoms with Gasteiger partial charge in [0.15, 0.2) is 16.9 Å². The van der Waals surface area contributed by atoms with Crippen LogP contribution >= 0.6 is 11.3 Å². The zero-order valence-electron chi connectivity index (χ0n) is 26.2. The molecule has 1 aromatic heterocycles. The SMILES string of the molecule is CC1(C)[C@H](NC(=O)/C(=N\O[C@](C)(C(=O)O)[C@H]2CCc3cc(C4=NC[C@@H](CCCN)N4)ccc3O2)c2csc(N)n2)C(=O)N1OS(=O)(=O)O. The number of hydrogen-bond donors (Lipinski definition) is 6. The molecule has 0 radical (unpaired) electrons. The minimum Gasteiger partial charge on any atom is -0.485 e. The smallest absolute Gasteiger partial charge is 0.418 e. The number of carboxylic acid groups (broad SMARTS) is 1. The van der Waals surface area contributed by atoms with Crippen molar-refractivity contribution in [1.82, 2.24) is 20.7 Å². The summed E-state index contributed by atoms with van der Waals surface area (Å²) in [6.45, 7) is 5.27. The second-order valence-electron chi connectivity index (χ2n) is 12.1. The fourth-order valence-electron chi connectivity index (χ4n) is 5.51. The largest absolute Gasteiger partial charge is 0.485 e. The number of aryl methyl sites for hydroxylation is 1. The van der Waals surface area contributed by atoms with Gasteiger partial charge in [0.2, 0.25) is 0 Å². The molecule has 0 saturated carbocycles. The summed E-state index contributed by atoms with van der Waals surface area (Å²) in [6.07, 6.45) is 1.45. The van der Waals surface area contributed by atoms with Crippen LogP contribution in [0.3, 0.4) is 0 Å². The molecule has 4 atom stereocenters. The number of nitrogens with zero attached hydrogens (tertiary/aromatic N) is 4. The van der Waals surface area contributed by atoms with Crippen molar-refractivity contribution in [2.75, 3.05) is 18.8 Å². The van der Waals surface area contributed by atoms with E-state index >= 15 is 0 Å². The Bertz CT molecular complexity index is 1780. The molecule has 5 rings (SSSR count). The fraction of sp³-hybridized carbons (Fsp3) is 0.500. The number of aromatic nitrogens is 1. The average Bonchev–Trinajstić information content (AvgIpc) is 3.69. The summed E-state index contributed by atoms with van der Waals surface area (Å²) < 4.78 is 41.8. The number of carboxylic acids is 1. The number of rotatable bonds is 13. The van der Waals surface area contributed by atoms with Crippen LogP contribution in [0.5, 0.6) is 5.75 Å². The quantitative estimate of drug-likeness (QED) is 0.0691. The molecule has 0 aliphatic carbocycles. The van der Waals surface area contributed by atoms with E-state index in [2.05, 4.69) is 30.0 Å². The lowest BCUT2D eigenvalue weighted by Gasteiger charge is -2.50. The first-order valence-electron chi connectivity index (χ1n) is 14.9. The lowest BCUT2D eigenvalue weighted by Crippen LogP contribution is -2.76. The third kappa shape index (κ3) is 7.06. The summed E-state index contributed by atoms with van der Waals surface area (Å²) >= 11 is 0.971. The zero-order valence-corrected chi connectivity index (χ0v) is 27.8. The number of anilines is 1. The van der Waals surface area contributed by atoms with Gasteiger partial charge in [-0.25, -0.2) is 9.78 Å². The molecule has 48 heavy (non-hydrogen) atoms. The van der Waals surface area contributed by atoms with E-state index in [1.54, 1.807) is 6.07 Å². The number of hydrogen-bond acceptors (Lipinski definition) is 15. The van der Waals surface area contributed by atoms with Gasteiger partial charge in [0.25, 0.3) is 17.4 Å². The molecule has 8 N–H and O–H groups in total. The number of ether oxygens (including phenoxy) is 1. The molecule has 18 nitrogen and oxygen atoms in total. The minimum absolute atomic E-state index is 0.0655. The summed E-state index contributed by atoms with van der Waals surface area (Å²) in [5, 5.41) is 21.8. The highest BCUT2D eigenvalue weighted by Gasteiger charge is 2.58. The molecule has 0 unspecified atom stereocenters. The minimum atomic E-state index is -5.02. The molecule has 260 valence electrons. The van der Waals surface area contributed by atoms with E-state index in [1.807, 2.05) is 12.1 Å². The second kappa shape index (κ2) is 13.3. The summed E-state index contributed by atoms with van der Waals surface area (Å²) in [5.74, 6) is -2.19. The topological polar surface area (TPSA) is 270 Å². The number of β-lactam (4-membered cyclic amide) rings is 1. The van der Waals surface area contributed by atoms with Crippen molar-refractivity contribution in [3.63, 3.8) is 0 Å². The van der Waals surface area contributed by atoms with Crippen molar-refractivity contribution in [3.05, 3.63) is 40.4 Å². The van der Waals surface area contributed by atoms with E-state index in [0.717, 1.165) is 41.1 Å². The number of hydroxylamine groups is 2. The van der Waals surface area contributed by atoms with Crippen molar-refractivity contribution >= 4 is 56.2 Å². The molecular weight excluding hydrogens is 672 g/mol. The Balaban J connectivity index is 1.33. The van der Waals surface area contributed by atoms with Gasteiger partial charge in [0.05, 0.1) is 12.1 Å². The van der Waals surface area contributed by atoms with Crippen molar-refractivity contribution in [3.8, 4) is 5.75 Å². The van der Waals surface area contributed by atoms with Gasteiger partial charge < -0.3 is 36.8 Å². The van der Waals surface area contributed by atoms with Gasteiger partial charge in [0, 0.05) is 17.0 Å². The summed E-state index contributed by atoms with van der Waals surface area (Å²) in [7, 11) is -5.02. The van der Waals surface area contributed by atoms with Crippen molar-refractivity contribution in [2.24, 2.45) is 15.9 Å². The van der Waals surface area contributed by atoms with Crippen LogP contribution < -0.4 is 26.8 Å². The number of aliphatic carboxylic acids is 1. The number of benzene rings is 1. The first-order valence-corrected chi connectivity index (χ1v) is 17.1. The lowest BCUT2D eigenvalue weighted by molar-refractivity contribution is -0.218. The van der Waals surface area contributed by atoms with Crippen LogP contribution in [-0.4, -0.2) is 99.9 Å².